The topological polar surface area (TPSA) is 183 Å². The SMILES string of the molecule is CC(C)(C)OC(=O)N(CCOCCN=[N+]=[N-])CCC(=O)Nc1ccc2c(c1)CN(C1CCC(=O)NC1=O)C2=O. The number of piperidine rings is 1. The van der Waals surface area contributed by atoms with Crippen LogP contribution < -0.4 is 10.6 Å². The third-order valence-corrected chi connectivity index (χ3v) is 5.97. The first-order valence-corrected chi connectivity index (χ1v) is 12.6. The summed E-state index contributed by atoms with van der Waals surface area (Å²) in [6.45, 7) is 6.21. The summed E-state index contributed by atoms with van der Waals surface area (Å²) in [4.78, 5) is 67.3. The summed E-state index contributed by atoms with van der Waals surface area (Å²) in [5, 5.41) is 8.42. The van der Waals surface area contributed by atoms with Crippen molar-refractivity contribution in [3.8, 4) is 0 Å². The summed E-state index contributed by atoms with van der Waals surface area (Å²) >= 11 is 0. The van der Waals surface area contributed by atoms with E-state index in [2.05, 4.69) is 20.7 Å². The predicted octanol–water partition coefficient (Wildman–Crippen LogP) is 2.34. The summed E-state index contributed by atoms with van der Waals surface area (Å²) in [6, 6.07) is 4.16. The Morgan fingerprint density at radius 1 is 1.23 bits per heavy atom. The minimum absolute atomic E-state index is 0.0175. The van der Waals surface area contributed by atoms with Crippen molar-refractivity contribution < 1.29 is 33.4 Å². The number of ether oxygens (including phenoxy) is 2. The number of carbonyl (C=O) groups is 5. The first kappa shape index (κ1) is 29.4. The molecule has 1 aromatic rings. The van der Waals surface area contributed by atoms with E-state index >= 15 is 0 Å². The van der Waals surface area contributed by atoms with Gasteiger partial charge in [0.05, 0.1) is 13.2 Å². The molecule has 3 rings (SSSR count). The third kappa shape index (κ3) is 8.42. The smallest absolute Gasteiger partial charge is 0.410 e. The van der Waals surface area contributed by atoms with E-state index in [1.54, 1.807) is 39.0 Å². The van der Waals surface area contributed by atoms with E-state index in [1.807, 2.05) is 0 Å². The molecule has 1 atom stereocenters. The fourth-order valence-corrected chi connectivity index (χ4v) is 4.16. The second-order valence-corrected chi connectivity index (χ2v) is 10.1. The van der Waals surface area contributed by atoms with Gasteiger partial charge in [0.2, 0.25) is 17.7 Å². The van der Waals surface area contributed by atoms with Crippen LogP contribution in [0.2, 0.25) is 0 Å². The molecule has 1 aromatic carbocycles. The van der Waals surface area contributed by atoms with Crippen molar-refractivity contribution in [3.05, 3.63) is 39.8 Å². The van der Waals surface area contributed by atoms with E-state index in [-0.39, 0.29) is 76.4 Å². The Morgan fingerprint density at radius 2 is 2.00 bits per heavy atom. The minimum Gasteiger partial charge on any atom is -0.444 e. The molecule has 0 bridgehead atoms. The average Bonchev–Trinajstić information content (AvgIpc) is 3.17. The van der Waals surface area contributed by atoms with Crippen LogP contribution in [0.4, 0.5) is 10.5 Å². The lowest BCUT2D eigenvalue weighted by molar-refractivity contribution is -0.137. The minimum atomic E-state index is -0.720. The molecule has 2 N–H and O–H groups in total. The Labute approximate surface area is 225 Å². The van der Waals surface area contributed by atoms with Crippen LogP contribution in [0.25, 0.3) is 10.4 Å². The maximum absolute atomic E-state index is 12.8. The highest BCUT2D eigenvalue weighted by Crippen LogP contribution is 2.29. The van der Waals surface area contributed by atoms with Crippen LogP contribution in [0, 0.1) is 0 Å². The maximum Gasteiger partial charge on any atom is 0.410 e. The number of fused-ring (bicyclic) bond motifs is 1. The van der Waals surface area contributed by atoms with Crippen molar-refractivity contribution in [2.75, 3.05) is 38.2 Å². The Bertz CT molecular complexity index is 1170. The van der Waals surface area contributed by atoms with Crippen LogP contribution in [0.5, 0.6) is 0 Å². The van der Waals surface area contributed by atoms with E-state index < -0.39 is 23.6 Å². The monoisotopic (exact) mass is 543 g/mol. The highest BCUT2D eigenvalue weighted by molar-refractivity contribution is 6.05. The number of anilines is 1. The van der Waals surface area contributed by atoms with Crippen LogP contribution in [0.3, 0.4) is 0 Å². The predicted molar refractivity (Wildman–Crippen MR) is 138 cm³/mol. The molecule has 0 saturated carbocycles. The lowest BCUT2D eigenvalue weighted by Crippen LogP contribution is -2.52. The Morgan fingerprint density at radius 3 is 2.69 bits per heavy atom. The molecule has 2 heterocycles. The Hall–Kier alpha value is -4.16. The normalized spacial score (nSPS) is 16.7. The second-order valence-electron chi connectivity index (χ2n) is 10.1. The number of nitrogens with zero attached hydrogens (tertiary/aromatic N) is 5. The zero-order valence-corrected chi connectivity index (χ0v) is 22.3. The van der Waals surface area contributed by atoms with Gasteiger partial charge in [-0.05, 0) is 56.5 Å². The third-order valence-electron chi connectivity index (χ3n) is 5.97. The molecule has 39 heavy (non-hydrogen) atoms. The first-order chi connectivity index (χ1) is 18.5. The number of benzene rings is 1. The summed E-state index contributed by atoms with van der Waals surface area (Å²) in [5.41, 5.74) is 9.17. The number of hydrogen-bond acceptors (Lipinski definition) is 8. The number of carbonyl (C=O) groups excluding carboxylic acids is 5. The van der Waals surface area contributed by atoms with Crippen LogP contribution >= 0.6 is 0 Å². The fourth-order valence-electron chi connectivity index (χ4n) is 4.16. The number of amides is 5. The zero-order chi connectivity index (χ0) is 28.6. The van der Waals surface area contributed by atoms with Crippen molar-refractivity contribution in [1.82, 2.24) is 15.1 Å². The molecule has 5 amide bonds. The average molecular weight is 544 g/mol. The van der Waals surface area contributed by atoms with Crippen LogP contribution in [-0.2, 0) is 30.4 Å². The summed E-state index contributed by atoms with van der Waals surface area (Å²) in [6.07, 6.45) is -0.171. The number of nitrogens with one attached hydrogen (secondary N) is 2. The summed E-state index contributed by atoms with van der Waals surface area (Å²) in [7, 11) is 0. The number of hydrogen-bond donors (Lipinski definition) is 2. The van der Waals surface area contributed by atoms with Crippen molar-refractivity contribution >= 4 is 35.4 Å². The van der Waals surface area contributed by atoms with Crippen molar-refractivity contribution in [1.29, 1.82) is 0 Å². The van der Waals surface area contributed by atoms with Gasteiger partial charge < -0.3 is 24.6 Å². The molecule has 1 unspecified atom stereocenters. The highest BCUT2D eigenvalue weighted by Gasteiger charge is 2.39. The molecule has 0 spiro atoms. The lowest BCUT2D eigenvalue weighted by Gasteiger charge is -2.29. The molecule has 1 saturated heterocycles. The van der Waals surface area contributed by atoms with Gasteiger partial charge in [-0.1, -0.05) is 5.11 Å². The van der Waals surface area contributed by atoms with Gasteiger partial charge >= 0.3 is 6.09 Å². The van der Waals surface area contributed by atoms with Gasteiger partial charge in [0.25, 0.3) is 5.91 Å². The van der Waals surface area contributed by atoms with Gasteiger partial charge in [0.1, 0.15) is 11.6 Å². The van der Waals surface area contributed by atoms with E-state index in [4.69, 9.17) is 15.0 Å². The van der Waals surface area contributed by atoms with E-state index in [1.165, 1.54) is 9.80 Å². The highest BCUT2D eigenvalue weighted by atomic mass is 16.6. The number of rotatable bonds is 11. The van der Waals surface area contributed by atoms with Gasteiger partial charge in [-0.15, -0.1) is 0 Å². The number of azide groups is 1. The summed E-state index contributed by atoms with van der Waals surface area (Å²) < 4.78 is 10.8. The molecular formula is C25H33N7O7. The fraction of sp³-hybridized carbons (Fsp3) is 0.560. The molecular weight excluding hydrogens is 510 g/mol. The van der Waals surface area contributed by atoms with Gasteiger partial charge in [-0.3, -0.25) is 24.5 Å². The number of imide groups is 1. The molecule has 0 radical (unpaired) electrons. The molecule has 1 fully saturated rings. The molecule has 14 nitrogen and oxygen atoms in total. The standard InChI is InChI=1S/C25H33N7O7/c1-25(2,3)39-24(37)31(11-13-38-12-9-27-30-26)10-8-21(34)28-17-4-5-18-16(14-17)15-32(23(18)36)19-6-7-20(33)29-22(19)35/h4-5,14,19H,6-13,15H2,1-3H3,(H,28,34)(H,29,33,35). The quantitative estimate of drug-likeness (QED) is 0.141. The van der Waals surface area contributed by atoms with Gasteiger partial charge in [-0.25, -0.2) is 4.79 Å². The summed E-state index contributed by atoms with van der Waals surface area (Å²) in [5.74, 6) is -1.49. The van der Waals surface area contributed by atoms with Crippen molar-refractivity contribution in [2.24, 2.45) is 5.11 Å². The Balaban J connectivity index is 1.56. The van der Waals surface area contributed by atoms with E-state index in [0.717, 1.165) is 0 Å². The van der Waals surface area contributed by atoms with Gasteiger partial charge in [-0.2, -0.15) is 0 Å². The molecule has 0 aromatic heterocycles. The van der Waals surface area contributed by atoms with Crippen LogP contribution in [0.1, 0.15) is 56.0 Å². The van der Waals surface area contributed by atoms with Crippen LogP contribution in [0.15, 0.2) is 23.3 Å². The van der Waals surface area contributed by atoms with Crippen molar-refractivity contribution in [2.45, 2.75) is 58.2 Å². The van der Waals surface area contributed by atoms with Crippen LogP contribution in [-0.4, -0.2) is 84.0 Å². The first-order valence-electron chi connectivity index (χ1n) is 12.6. The van der Waals surface area contributed by atoms with E-state index in [0.29, 0.717) is 16.8 Å². The molecule has 210 valence electrons. The van der Waals surface area contributed by atoms with E-state index in [9.17, 15) is 24.0 Å². The second kappa shape index (κ2) is 13.1. The van der Waals surface area contributed by atoms with Gasteiger partial charge in [0.15, 0.2) is 0 Å². The lowest BCUT2D eigenvalue weighted by atomic mass is 10.0. The molecule has 2 aliphatic heterocycles. The molecule has 0 aliphatic carbocycles. The largest absolute Gasteiger partial charge is 0.444 e. The maximum atomic E-state index is 12.8. The molecule has 14 heteroatoms. The van der Waals surface area contributed by atoms with Gasteiger partial charge in [0, 0.05) is 55.2 Å². The van der Waals surface area contributed by atoms with Crippen molar-refractivity contribution in [3.63, 3.8) is 0 Å². The molecule has 2 aliphatic rings. The Kier molecular flexibility index (Phi) is 9.85. The zero-order valence-electron chi connectivity index (χ0n) is 22.3.